The number of aliphatic carboxylic acids is 1. The summed E-state index contributed by atoms with van der Waals surface area (Å²) in [5, 5.41) is 16.4. The van der Waals surface area contributed by atoms with Crippen molar-refractivity contribution in [2.24, 2.45) is 27.9 Å². The van der Waals surface area contributed by atoms with E-state index in [2.05, 4.69) is 46.2 Å². The predicted molar refractivity (Wildman–Crippen MR) is 127 cm³/mol. The molecule has 0 spiro atoms. The summed E-state index contributed by atoms with van der Waals surface area (Å²) in [4.78, 5) is 63.5. The third-order valence-corrected chi connectivity index (χ3v) is 4.98. The van der Waals surface area contributed by atoms with Crippen LogP contribution in [0.5, 0.6) is 0 Å². The summed E-state index contributed by atoms with van der Waals surface area (Å²) in [5.41, 5.74) is 21.1. The number of carboxylic acid groups (broad SMARTS) is 1. The second kappa shape index (κ2) is 16.0. The number of amides is 4. The summed E-state index contributed by atoms with van der Waals surface area (Å²) in [6.07, 6.45) is -0.197. The highest BCUT2D eigenvalue weighted by molar-refractivity contribution is 7.80. The normalized spacial score (nSPS) is 14.2. The average molecular weight is 509 g/mol. The fraction of sp³-hybridized carbons (Fsp3) is 0.647. The number of nitrogens with one attached hydrogen (secondary N) is 3. The van der Waals surface area contributed by atoms with Gasteiger partial charge in [-0.3, -0.25) is 24.2 Å². The molecule has 0 aliphatic rings. The van der Waals surface area contributed by atoms with Crippen molar-refractivity contribution in [2.45, 2.75) is 49.9 Å². The minimum Gasteiger partial charge on any atom is -0.480 e. The Hall–Kier alpha value is -2.72. The summed E-state index contributed by atoms with van der Waals surface area (Å²) in [6, 6.07) is -4.68. The fourth-order valence-corrected chi connectivity index (χ4v) is 2.84. The molecular formula is C17H32N8O6S2. The Balaban J connectivity index is 5.39. The van der Waals surface area contributed by atoms with Crippen molar-refractivity contribution in [3.05, 3.63) is 0 Å². The van der Waals surface area contributed by atoms with Gasteiger partial charge in [0.05, 0.1) is 6.04 Å². The molecule has 0 aliphatic carbocycles. The van der Waals surface area contributed by atoms with Gasteiger partial charge >= 0.3 is 5.97 Å². The highest BCUT2D eigenvalue weighted by Gasteiger charge is 2.29. The Kier molecular flexibility index (Phi) is 14.7. The lowest BCUT2D eigenvalue weighted by atomic mass is 10.1. The third kappa shape index (κ3) is 12.8. The Bertz CT molecular complexity index is 734. The standard InChI is InChI=1S/C17H32N8O6S2/c18-8(6-32)13(27)25-11(7-33)15(29)23-9(2-1-5-22-17(20)21)14(28)24-10(16(30)31)3-4-12(19)26/h8-11,32-33H,1-7,18H2,(H2,19,26)(H,23,29)(H,24,28)(H,25,27)(H,30,31)(H4,20,21,22). The van der Waals surface area contributed by atoms with Crippen molar-refractivity contribution >= 4 is 60.8 Å². The molecule has 0 aliphatic heterocycles. The number of hydrogen-bond acceptors (Lipinski definition) is 9. The minimum absolute atomic E-state index is 0.0416. The first-order valence-electron chi connectivity index (χ1n) is 9.87. The number of carboxylic acids is 1. The number of nitrogens with two attached hydrogens (primary N) is 4. The summed E-state index contributed by atoms with van der Waals surface area (Å²) in [6.45, 7) is 0.148. The van der Waals surface area contributed by atoms with Gasteiger partial charge in [0.15, 0.2) is 5.96 Å². The quantitative estimate of drug-likeness (QED) is 0.0421. The molecule has 4 atom stereocenters. The van der Waals surface area contributed by atoms with Gasteiger partial charge in [-0.15, -0.1) is 0 Å². The molecule has 0 heterocycles. The van der Waals surface area contributed by atoms with E-state index in [1.165, 1.54) is 0 Å². The highest BCUT2D eigenvalue weighted by Crippen LogP contribution is 2.04. The summed E-state index contributed by atoms with van der Waals surface area (Å²) >= 11 is 7.95. The molecule has 188 valence electrons. The van der Waals surface area contributed by atoms with E-state index in [-0.39, 0.29) is 49.7 Å². The lowest BCUT2D eigenvalue weighted by molar-refractivity contribution is -0.142. The summed E-state index contributed by atoms with van der Waals surface area (Å²) in [5.74, 6) is -4.51. The number of aliphatic imine (C=N–C) groups is 1. The summed E-state index contributed by atoms with van der Waals surface area (Å²) < 4.78 is 0. The Morgan fingerprint density at radius 1 is 0.818 bits per heavy atom. The third-order valence-electron chi connectivity index (χ3n) is 4.22. The van der Waals surface area contributed by atoms with Crippen LogP contribution in [0.4, 0.5) is 0 Å². The number of rotatable bonds is 16. The van der Waals surface area contributed by atoms with Gasteiger partial charge in [-0.1, -0.05) is 0 Å². The van der Waals surface area contributed by atoms with Crippen LogP contribution in [0.3, 0.4) is 0 Å². The van der Waals surface area contributed by atoms with Crippen molar-refractivity contribution < 1.29 is 29.1 Å². The molecule has 0 saturated heterocycles. The van der Waals surface area contributed by atoms with E-state index in [9.17, 15) is 29.1 Å². The number of guanidine groups is 1. The number of nitrogens with zero attached hydrogens (tertiary/aromatic N) is 1. The van der Waals surface area contributed by atoms with E-state index in [1.54, 1.807) is 0 Å². The number of hydrogen-bond donors (Lipinski definition) is 10. The first kappa shape index (κ1) is 30.3. The molecule has 0 aromatic heterocycles. The Labute approximate surface area is 201 Å². The van der Waals surface area contributed by atoms with Crippen LogP contribution in [0.1, 0.15) is 25.7 Å². The van der Waals surface area contributed by atoms with E-state index < -0.39 is 53.8 Å². The molecule has 0 aromatic carbocycles. The zero-order chi connectivity index (χ0) is 25.6. The second-order valence-corrected chi connectivity index (χ2v) is 7.68. The van der Waals surface area contributed by atoms with Gasteiger partial charge in [-0.2, -0.15) is 25.3 Å². The van der Waals surface area contributed by atoms with Crippen LogP contribution >= 0.6 is 25.3 Å². The maximum atomic E-state index is 12.7. The number of primary amides is 1. The molecule has 12 N–H and O–H groups in total. The van der Waals surface area contributed by atoms with E-state index in [0.29, 0.717) is 0 Å². The fourth-order valence-electron chi connectivity index (χ4n) is 2.42. The van der Waals surface area contributed by atoms with Crippen molar-refractivity contribution in [1.82, 2.24) is 16.0 Å². The van der Waals surface area contributed by atoms with Gasteiger partial charge in [-0.25, -0.2) is 4.79 Å². The van der Waals surface area contributed by atoms with Crippen LogP contribution in [0.2, 0.25) is 0 Å². The van der Waals surface area contributed by atoms with Crippen molar-refractivity contribution in [3.8, 4) is 0 Å². The molecule has 0 rings (SSSR count). The van der Waals surface area contributed by atoms with E-state index in [4.69, 9.17) is 22.9 Å². The molecule has 16 heteroatoms. The van der Waals surface area contributed by atoms with Crippen LogP contribution in [-0.2, 0) is 24.0 Å². The van der Waals surface area contributed by atoms with Crippen LogP contribution in [0, 0.1) is 0 Å². The van der Waals surface area contributed by atoms with Gasteiger partial charge < -0.3 is 44.0 Å². The molecule has 0 fully saturated rings. The maximum absolute atomic E-state index is 12.7. The van der Waals surface area contributed by atoms with E-state index >= 15 is 0 Å². The molecule has 0 saturated carbocycles. The van der Waals surface area contributed by atoms with E-state index in [0.717, 1.165) is 0 Å². The SMILES string of the molecule is NC(=O)CCC(NC(=O)C(CCCN=C(N)N)NC(=O)C(CS)NC(=O)C(N)CS)C(=O)O. The minimum atomic E-state index is -1.41. The van der Waals surface area contributed by atoms with Gasteiger partial charge in [-0.05, 0) is 19.3 Å². The molecule has 0 radical (unpaired) electrons. The van der Waals surface area contributed by atoms with Crippen molar-refractivity contribution in [3.63, 3.8) is 0 Å². The largest absolute Gasteiger partial charge is 0.480 e. The lowest BCUT2D eigenvalue weighted by Gasteiger charge is -2.24. The van der Waals surface area contributed by atoms with Gasteiger partial charge in [0.25, 0.3) is 0 Å². The lowest BCUT2D eigenvalue weighted by Crippen LogP contribution is -2.57. The van der Waals surface area contributed by atoms with Crippen molar-refractivity contribution in [2.75, 3.05) is 18.1 Å². The van der Waals surface area contributed by atoms with Gasteiger partial charge in [0.1, 0.15) is 18.1 Å². The van der Waals surface area contributed by atoms with Crippen LogP contribution in [0.25, 0.3) is 0 Å². The van der Waals surface area contributed by atoms with Crippen LogP contribution in [-0.4, -0.2) is 82.9 Å². The first-order valence-corrected chi connectivity index (χ1v) is 11.1. The maximum Gasteiger partial charge on any atom is 0.326 e. The molecule has 0 aromatic rings. The highest BCUT2D eigenvalue weighted by atomic mass is 32.1. The number of carbonyl (C=O) groups is 5. The Morgan fingerprint density at radius 2 is 1.36 bits per heavy atom. The first-order chi connectivity index (χ1) is 15.4. The van der Waals surface area contributed by atoms with Crippen LogP contribution < -0.4 is 38.9 Å². The molecule has 0 bridgehead atoms. The molecule has 14 nitrogen and oxygen atoms in total. The zero-order valence-electron chi connectivity index (χ0n) is 17.9. The van der Waals surface area contributed by atoms with Gasteiger partial charge in [0.2, 0.25) is 23.6 Å². The number of carbonyl (C=O) groups excluding carboxylic acids is 4. The van der Waals surface area contributed by atoms with Crippen LogP contribution in [0.15, 0.2) is 4.99 Å². The summed E-state index contributed by atoms with van der Waals surface area (Å²) in [7, 11) is 0. The average Bonchev–Trinajstić information content (AvgIpc) is 2.75. The zero-order valence-corrected chi connectivity index (χ0v) is 19.7. The monoisotopic (exact) mass is 508 g/mol. The van der Waals surface area contributed by atoms with Gasteiger partial charge in [0, 0.05) is 24.5 Å². The number of thiol groups is 2. The smallest absolute Gasteiger partial charge is 0.326 e. The topological polar surface area (TPSA) is 258 Å². The molecule has 4 unspecified atom stereocenters. The van der Waals surface area contributed by atoms with E-state index in [1.807, 2.05) is 0 Å². The molecule has 33 heavy (non-hydrogen) atoms. The van der Waals surface area contributed by atoms with Crippen molar-refractivity contribution in [1.29, 1.82) is 0 Å². The molecular weight excluding hydrogens is 476 g/mol. The Morgan fingerprint density at radius 3 is 1.85 bits per heavy atom. The second-order valence-electron chi connectivity index (χ2n) is 6.95. The molecule has 4 amide bonds. The predicted octanol–water partition coefficient (Wildman–Crippen LogP) is -3.97.